The molecule has 2 N–H and O–H groups in total. The molecule has 0 aromatic heterocycles. The summed E-state index contributed by atoms with van der Waals surface area (Å²) < 4.78 is 4.59. The van der Waals surface area contributed by atoms with Crippen LogP contribution in [0, 0.1) is 6.92 Å². The van der Waals surface area contributed by atoms with Crippen molar-refractivity contribution in [1.29, 1.82) is 0 Å². The smallest absolute Gasteiger partial charge is 0.322 e. The monoisotopic (exact) mass is 223 g/mol. The first kappa shape index (κ1) is 12.5. The van der Waals surface area contributed by atoms with E-state index in [-0.39, 0.29) is 17.8 Å². The molecule has 1 rings (SSSR count). The van der Waals surface area contributed by atoms with Crippen LogP contribution in [0.25, 0.3) is 0 Å². The number of rotatable bonds is 4. The largest absolute Gasteiger partial charge is 0.508 e. The number of carbonyl (C=O) groups excluding carboxylic acids is 1. The zero-order valence-electron chi connectivity index (χ0n) is 9.78. The van der Waals surface area contributed by atoms with Crippen molar-refractivity contribution in [3.63, 3.8) is 0 Å². The first-order valence-corrected chi connectivity index (χ1v) is 5.14. The zero-order valence-corrected chi connectivity index (χ0v) is 9.78. The molecule has 0 aliphatic rings. The molecule has 88 valence electrons. The SMILES string of the molecule is COC(=O)C(C)NCc1cc(C)ccc1O. The summed E-state index contributed by atoms with van der Waals surface area (Å²) in [4.78, 5) is 11.1. The van der Waals surface area contributed by atoms with E-state index in [2.05, 4.69) is 10.1 Å². The van der Waals surface area contributed by atoms with E-state index in [1.807, 2.05) is 19.1 Å². The summed E-state index contributed by atoms with van der Waals surface area (Å²) in [5.74, 6) is -0.0812. The van der Waals surface area contributed by atoms with E-state index in [1.165, 1.54) is 7.11 Å². The van der Waals surface area contributed by atoms with Gasteiger partial charge in [0, 0.05) is 12.1 Å². The summed E-state index contributed by atoms with van der Waals surface area (Å²) in [7, 11) is 1.35. The maximum atomic E-state index is 11.1. The highest BCUT2D eigenvalue weighted by Crippen LogP contribution is 2.17. The molecule has 4 nitrogen and oxygen atoms in total. The molecular weight excluding hydrogens is 206 g/mol. The third-order valence-corrected chi connectivity index (χ3v) is 2.39. The summed E-state index contributed by atoms with van der Waals surface area (Å²) in [6, 6.07) is 4.98. The van der Waals surface area contributed by atoms with Gasteiger partial charge in [-0.25, -0.2) is 0 Å². The molecule has 0 radical (unpaired) electrons. The number of phenolic OH excluding ortho intramolecular Hbond substituents is 1. The fourth-order valence-corrected chi connectivity index (χ4v) is 1.38. The Morgan fingerprint density at radius 1 is 1.56 bits per heavy atom. The van der Waals surface area contributed by atoms with Gasteiger partial charge in [-0.05, 0) is 19.9 Å². The van der Waals surface area contributed by atoms with Crippen LogP contribution in [0.15, 0.2) is 18.2 Å². The van der Waals surface area contributed by atoms with Crippen LogP contribution in [0.2, 0.25) is 0 Å². The van der Waals surface area contributed by atoms with Crippen LogP contribution < -0.4 is 5.32 Å². The minimum Gasteiger partial charge on any atom is -0.508 e. The molecule has 0 saturated heterocycles. The minimum absolute atomic E-state index is 0.232. The van der Waals surface area contributed by atoms with Crippen molar-refractivity contribution in [2.75, 3.05) is 7.11 Å². The van der Waals surface area contributed by atoms with Crippen molar-refractivity contribution < 1.29 is 14.6 Å². The van der Waals surface area contributed by atoms with Gasteiger partial charge in [0.15, 0.2) is 0 Å². The number of phenols is 1. The van der Waals surface area contributed by atoms with E-state index in [0.29, 0.717) is 6.54 Å². The summed E-state index contributed by atoms with van der Waals surface area (Å²) in [5.41, 5.74) is 1.84. The second kappa shape index (κ2) is 5.51. The van der Waals surface area contributed by atoms with Crippen LogP contribution in [0.4, 0.5) is 0 Å². The van der Waals surface area contributed by atoms with Gasteiger partial charge in [0.05, 0.1) is 7.11 Å². The van der Waals surface area contributed by atoms with Crippen LogP contribution in [0.1, 0.15) is 18.1 Å². The van der Waals surface area contributed by atoms with Gasteiger partial charge in [0.25, 0.3) is 0 Å². The van der Waals surface area contributed by atoms with Crippen molar-refractivity contribution in [3.8, 4) is 5.75 Å². The van der Waals surface area contributed by atoms with Gasteiger partial charge >= 0.3 is 5.97 Å². The van der Waals surface area contributed by atoms with E-state index in [0.717, 1.165) is 11.1 Å². The summed E-state index contributed by atoms with van der Waals surface area (Å²) in [5, 5.41) is 12.6. The maximum absolute atomic E-state index is 11.1. The van der Waals surface area contributed by atoms with Crippen LogP contribution in [-0.2, 0) is 16.1 Å². The van der Waals surface area contributed by atoms with Crippen molar-refractivity contribution in [2.45, 2.75) is 26.4 Å². The fourth-order valence-electron chi connectivity index (χ4n) is 1.38. The Morgan fingerprint density at radius 3 is 2.88 bits per heavy atom. The highest BCUT2D eigenvalue weighted by molar-refractivity contribution is 5.75. The van der Waals surface area contributed by atoms with Crippen molar-refractivity contribution in [1.82, 2.24) is 5.32 Å². The minimum atomic E-state index is -0.384. The molecule has 0 saturated carbocycles. The quantitative estimate of drug-likeness (QED) is 0.756. The molecule has 0 aliphatic carbocycles. The lowest BCUT2D eigenvalue weighted by Gasteiger charge is -2.12. The predicted molar refractivity (Wildman–Crippen MR) is 61.2 cm³/mol. The Morgan fingerprint density at radius 2 is 2.25 bits per heavy atom. The van der Waals surface area contributed by atoms with Crippen LogP contribution in [-0.4, -0.2) is 24.2 Å². The molecule has 0 amide bonds. The van der Waals surface area contributed by atoms with Crippen molar-refractivity contribution in [3.05, 3.63) is 29.3 Å². The number of aromatic hydroxyl groups is 1. The zero-order chi connectivity index (χ0) is 12.1. The number of benzene rings is 1. The molecule has 1 aromatic rings. The molecule has 1 atom stereocenters. The first-order valence-electron chi connectivity index (χ1n) is 5.14. The van der Waals surface area contributed by atoms with Gasteiger partial charge in [-0.2, -0.15) is 0 Å². The second-order valence-corrected chi connectivity index (χ2v) is 3.76. The summed E-state index contributed by atoms with van der Waals surface area (Å²) in [6.07, 6.45) is 0. The van der Waals surface area contributed by atoms with E-state index in [4.69, 9.17) is 0 Å². The summed E-state index contributed by atoms with van der Waals surface area (Å²) >= 11 is 0. The molecule has 0 heterocycles. The number of aryl methyl sites for hydroxylation is 1. The lowest BCUT2D eigenvalue weighted by atomic mass is 10.1. The third kappa shape index (κ3) is 3.24. The normalized spacial score (nSPS) is 12.2. The fraction of sp³-hybridized carbons (Fsp3) is 0.417. The lowest BCUT2D eigenvalue weighted by molar-refractivity contribution is -0.142. The maximum Gasteiger partial charge on any atom is 0.322 e. The Kier molecular flexibility index (Phi) is 4.31. The van der Waals surface area contributed by atoms with E-state index >= 15 is 0 Å². The molecule has 1 unspecified atom stereocenters. The second-order valence-electron chi connectivity index (χ2n) is 3.76. The van der Waals surface area contributed by atoms with Crippen LogP contribution in [0.5, 0.6) is 5.75 Å². The molecule has 1 aromatic carbocycles. The first-order chi connectivity index (χ1) is 7.54. The Bertz CT molecular complexity index is 377. The number of methoxy groups -OCH3 is 1. The predicted octanol–water partition coefficient (Wildman–Crippen LogP) is 1.35. The number of nitrogens with one attached hydrogen (secondary N) is 1. The van der Waals surface area contributed by atoms with Crippen LogP contribution >= 0.6 is 0 Å². The average molecular weight is 223 g/mol. The van der Waals surface area contributed by atoms with E-state index < -0.39 is 0 Å². The van der Waals surface area contributed by atoms with Gasteiger partial charge in [0.1, 0.15) is 11.8 Å². The highest BCUT2D eigenvalue weighted by Gasteiger charge is 2.12. The number of carbonyl (C=O) groups is 1. The standard InChI is InChI=1S/C12H17NO3/c1-8-4-5-11(14)10(6-8)7-13-9(2)12(15)16-3/h4-6,9,13-14H,7H2,1-3H3. The van der Waals surface area contributed by atoms with Gasteiger partial charge in [-0.15, -0.1) is 0 Å². The molecule has 0 bridgehead atoms. The van der Waals surface area contributed by atoms with Gasteiger partial charge in [0.2, 0.25) is 0 Å². The number of hydrogen-bond acceptors (Lipinski definition) is 4. The Hall–Kier alpha value is -1.55. The molecule has 0 aliphatic heterocycles. The Balaban J connectivity index is 2.60. The highest BCUT2D eigenvalue weighted by atomic mass is 16.5. The third-order valence-electron chi connectivity index (χ3n) is 2.39. The summed E-state index contributed by atoms with van der Waals surface area (Å²) in [6.45, 7) is 4.11. The number of ether oxygens (including phenoxy) is 1. The van der Waals surface area contributed by atoms with E-state index in [9.17, 15) is 9.90 Å². The van der Waals surface area contributed by atoms with Gasteiger partial charge < -0.3 is 15.2 Å². The Labute approximate surface area is 95.2 Å². The van der Waals surface area contributed by atoms with Crippen molar-refractivity contribution in [2.24, 2.45) is 0 Å². The molecule has 0 fully saturated rings. The topological polar surface area (TPSA) is 58.6 Å². The van der Waals surface area contributed by atoms with Crippen molar-refractivity contribution >= 4 is 5.97 Å². The average Bonchev–Trinajstić information content (AvgIpc) is 2.28. The molecule has 4 heteroatoms. The number of esters is 1. The molecular formula is C12H17NO3. The van der Waals surface area contributed by atoms with Gasteiger partial charge in [-0.3, -0.25) is 4.79 Å². The lowest BCUT2D eigenvalue weighted by Crippen LogP contribution is -2.34. The number of hydrogen-bond donors (Lipinski definition) is 2. The van der Waals surface area contributed by atoms with Crippen LogP contribution in [0.3, 0.4) is 0 Å². The van der Waals surface area contributed by atoms with Gasteiger partial charge in [-0.1, -0.05) is 17.7 Å². The van der Waals surface area contributed by atoms with E-state index in [1.54, 1.807) is 13.0 Å². The molecule has 16 heavy (non-hydrogen) atoms. The molecule has 0 spiro atoms.